The predicted octanol–water partition coefficient (Wildman–Crippen LogP) is 5.50. The lowest BCUT2D eigenvalue weighted by Crippen LogP contribution is -2.46. The van der Waals surface area contributed by atoms with Gasteiger partial charge in [0.15, 0.2) is 11.3 Å². The highest BCUT2D eigenvalue weighted by Crippen LogP contribution is 2.27. The second-order valence-electron chi connectivity index (χ2n) is 8.84. The summed E-state index contributed by atoms with van der Waals surface area (Å²) in [5.74, 6) is -1.80. The molecule has 0 saturated carbocycles. The molecule has 3 N–H and O–H groups in total. The van der Waals surface area contributed by atoms with Gasteiger partial charge in [0.05, 0.1) is 11.1 Å². The number of benzene rings is 3. The fraction of sp³-hybridized carbons (Fsp3) is 0.250. The SMILES string of the molecule is CCc1cccc(CN(C[C@@H](O)[C@@H](N)Cc2cc(F)cc(F)c2)C(=O)c2cc3cccc(Cl)c3o2)c1. The number of aryl methyl sites for hydroxylation is 1. The molecule has 36 heavy (non-hydrogen) atoms. The standard InChI is InChI=1S/C28H27ClF2N2O3/c1-2-17-5-3-6-18(9-17)15-33(28(35)26-13-20-7-4-8-23(29)27(20)36-26)16-25(34)24(32)12-19-10-21(30)14-22(31)11-19/h3-11,13-14,24-25,34H,2,12,15-16,32H2,1H3/t24-,25+/m0/s1. The van der Waals surface area contributed by atoms with Gasteiger partial charge >= 0.3 is 0 Å². The van der Waals surface area contributed by atoms with Gasteiger partial charge in [0.2, 0.25) is 0 Å². The van der Waals surface area contributed by atoms with Crippen LogP contribution in [0.2, 0.25) is 5.02 Å². The fourth-order valence-corrected chi connectivity index (χ4v) is 4.39. The Morgan fingerprint density at radius 1 is 1.03 bits per heavy atom. The summed E-state index contributed by atoms with van der Waals surface area (Å²) in [5, 5.41) is 12.0. The third kappa shape index (κ3) is 6.10. The molecule has 8 heteroatoms. The number of hydrogen-bond acceptors (Lipinski definition) is 4. The normalized spacial score (nSPS) is 13.1. The smallest absolute Gasteiger partial charge is 0.289 e. The summed E-state index contributed by atoms with van der Waals surface area (Å²) in [6.07, 6.45) is -0.298. The molecule has 4 rings (SSSR count). The highest BCUT2D eigenvalue weighted by atomic mass is 35.5. The van der Waals surface area contributed by atoms with Crippen molar-refractivity contribution in [3.05, 3.63) is 106 Å². The molecular formula is C28H27ClF2N2O3. The second-order valence-corrected chi connectivity index (χ2v) is 9.25. The molecule has 0 bridgehead atoms. The van der Waals surface area contributed by atoms with E-state index in [1.54, 1.807) is 24.3 Å². The zero-order chi connectivity index (χ0) is 25.8. The molecule has 0 aliphatic carbocycles. The number of aliphatic hydroxyl groups is 1. The summed E-state index contributed by atoms with van der Waals surface area (Å²) in [7, 11) is 0. The van der Waals surface area contributed by atoms with E-state index in [2.05, 4.69) is 0 Å². The van der Waals surface area contributed by atoms with E-state index in [9.17, 15) is 18.7 Å². The lowest BCUT2D eigenvalue weighted by molar-refractivity contribution is 0.0529. The summed E-state index contributed by atoms with van der Waals surface area (Å²) in [5.41, 5.74) is 8.90. The van der Waals surface area contributed by atoms with Crippen molar-refractivity contribution in [2.24, 2.45) is 5.73 Å². The summed E-state index contributed by atoms with van der Waals surface area (Å²) < 4.78 is 32.9. The first-order valence-corrected chi connectivity index (χ1v) is 12.0. The number of furan rings is 1. The molecule has 0 radical (unpaired) electrons. The molecule has 2 atom stereocenters. The van der Waals surface area contributed by atoms with E-state index in [-0.39, 0.29) is 25.3 Å². The molecule has 0 aliphatic rings. The Morgan fingerprint density at radius 3 is 2.42 bits per heavy atom. The zero-order valence-corrected chi connectivity index (χ0v) is 20.5. The summed E-state index contributed by atoms with van der Waals surface area (Å²) in [6.45, 7) is 2.13. The van der Waals surface area contributed by atoms with E-state index in [1.165, 1.54) is 17.0 Å². The molecule has 1 amide bonds. The number of carbonyl (C=O) groups excluding carboxylic acids is 1. The molecule has 0 fully saturated rings. The Hall–Kier alpha value is -3.26. The van der Waals surface area contributed by atoms with Crippen LogP contribution in [0, 0.1) is 11.6 Å². The Balaban J connectivity index is 1.58. The maximum atomic E-state index is 13.6. The van der Waals surface area contributed by atoms with E-state index in [1.807, 2.05) is 31.2 Å². The van der Waals surface area contributed by atoms with Crippen LogP contribution in [0.4, 0.5) is 8.78 Å². The number of aliphatic hydroxyl groups excluding tert-OH is 1. The monoisotopic (exact) mass is 512 g/mol. The third-order valence-corrected chi connectivity index (χ3v) is 6.36. The zero-order valence-electron chi connectivity index (χ0n) is 19.8. The summed E-state index contributed by atoms with van der Waals surface area (Å²) >= 11 is 6.21. The van der Waals surface area contributed by atoms with E-state index in [0.29, 0.717) is 21.6 Å². The van der Waals surface area contributed by atoms with Crippen molar-refractivity contribution in [1.82, 2.24) is 4.90 Å². The van der Waals surface area contributed by atoms with Crippen LogP contribution in [0.1, 0.15) is 34.2 Å². The Kier molecular flexibility index (Phi) is 8.04. The number of fused-ring (bicyclic) bond motifs is 1. The Morgan fingerprint density at radius 2 is 1.72 bits per heavy atom. The van der Waals surface area contributed by atoms with Gasteiger partial charge in [-0.15, -0.1) is 0 Å². The van der Waals surface area contributed by atoms with Crippen molar-refractivity contribution < 1.29 is 23.1 Å². The van der Waals surface area contributed by atoms with Crippen LogP contribution in [0.5, 0.6) is 0 Å². The molecule has 4 aromatic rings. The van der Waals surface area contributed by atoms with Crippen LogP contribution in [-0.2, 0) is 19.4 Å². The van der Waals surface area contributed by atoms with Crippen molar-refractivity contribution in [2.75, 3.05) is 6.54 Å². The van der Waals surface area contributed by atoms with Crippen molar-refractivity contribution in [1.29, 1.82) is 0 Å². The van der Waals surface area contributed by atoms with Gasteiger partial charge in [0.25, 0.3) is 5.91 Å². The topological polar surface area (TPSA) is 79.7 Å². The highest BCUT2D eigenvalue weighted by molar-refractivity contribution is 6.34. The molecule has 3 aromatic carbocycles. The minimum Gasteiger partial charge on any atom is -0.449 e. The van der Waals surface area contributed by atoms with E-state index >= 15 is 0 Å². The van der Waals surface area contributed by atoms with Gasteiger partial charge < -0.3 is 20.2 Å². The van der Waals surface area contributed by atoms with Crippen molar-refractivity contribution in [2.45, 2.75) is 38.5 Å². The molecule has 1 heterocycles. The number of amides is 1. The van der Waals surface area contributed by atoms with Gasteiger partial charge in [-0.05, 0) is 53.8 Å². The van der Waals surface area contributed by atoms with E-state index < -0.39 is 29.7 Å². The lowest BCUT2D eigenvalue weighted by Gasteiger charge is -2.28. The second kappa shape index (κ2) is 11.2. The molecular weight excluding hydrogens is 486 g/mol. The van der Waals surface area contributed by atoms with Crippen LogP contribution in [-0.4, -0.2) is 34.6 Å². The van der Waals surface area contributed by atoms with Gasteiger partial charge in [0, 0.05) is 30.6 Å². The van der Waals surface area contributed by atoms with Crippen LogP contribution in [0.3, 0.4) is 0 Å². The molecule has 0 spiro atoms. The third-order valence-electron chi connectivity index (χ3n) is 6.06. The Labute approximate surface area is 213 Å². The summed E-state index contributed by atoms with van der Waals surface area (Å²) in [6, 6.07) is 16.9. The first-order valence-electron chi connectivity index (χ1n) is 11.7. The fourth-order valence-electron chi connectivity index (χ4n) is 4.17. The summed E-state index contributed by atoms with van der Waals surface area (Å²) in [4.78, 5) is 15.0. The number of rotatable bonds is 9. The number of halogens is 3. The van der Waals surface area contributed by atoms with Crippen molar-refractivity contribution in [3.8, 4) is 0 Å². The first kappa shape index (κ1) is 25.8. The molecule has 5 nitrogen and oxygen atoms in total. The maximum absolute atomic E-state index is 13.6. The van der Waals surface area contributed by atoms with Gasteiger partial charge in [-0.2, -0.15) is 0 Å². The van der Waals surface area contributed by atoms with Crippen LogP contribution in [0.15, 0.2) is 71.1 Å². The van der Waals surface area contributed by atoms with E-state index in [0.717, 1.165) is 23.6 Å². The first-order chi connectivity index (χ1) is 17.2. The van der Waals surface area contributed by atoms with Gasteiger partial charge in [-0.1, -0.05) is 54.9 Å². The largest absolute Gasteiger partial charge is 0.449 e. The van der Waals surface area contributed by atoms with Crippen molar-refractivity contribution >= 4 is 28.5 Å². The molecule has 1 aromatic heterocycles. The van der Waals surface area contributed by atoms with Gasteiger partial charge in [-0.3, -0.25) is 4.79 Å². The van der Waals surface area contributed by atoms with Crippen molar-refractivity contribution in [3.63, 3.8) is 0 Å². The van der Waals surface area contributed by atoms with Crippen LogP contribution < -0.4 is 5.73 Å². The minimum atomic E-state index is -1.16. The number of hydrogen-bond donors (Lipinski definition) is 2. The molecule has 188 valence electrons. The number of nitrogens with zero attached hydrogens (tertiary/aromatic N) is 1. The average Bonchev–Trinajstić information content (AvgIpc) is 3.28. The number of nitrogens with two attached hydrogens (primary N) is 1. The van der Waals surface area contributed by atoms with E-state index in [4.69, 9.17) is 21.8 Å². The maximum Gasteiger partial charge on any atom is 0.289 e. The number of carbonyl (C=O) groups is 1. The quantitative estimate of drug-likeness (QED) is 0.310. The highest BCUT2D eigenvalue weighted by Gasteiger charge is 2.26. The number of para-hydroxylation sites is 1. The lowest BCUT2D eigenvalue weighted by atomic mass is 10.0. The molecule has 0 saturated heterocycles. The average molecular weight is 513 g/mol. The minimum absolute atomic E-state index is 0.0312. The Bertz CT molecular complexity index is 1350. The molecule has 0 unspecified atom stereocenters. The predicted molar refractivity (Wildman–Crippen MR) is 136 cm³/mol. The van der Waals surface area contributed by atoms with Crippen LogP contribution in [0.25, 0.3) is 11.0 Å². The molecule has 0 aliphatic heterocycles. The van der Waals surface area contributed by atoms with Gasteiger partial charge in [0.1, 0.15) is 11.6 Å². The van der Waals surface area contributed by atoms with Crippen LogP contribution >= 0.6 is 11.6 Å². The van der Waals surface area contributed by atoms with Gasteiger partial charge in [-0.25, -0.2) is 8.78 Å².